The van der Waals surface area contributed by atoms with Crippen molar-refractivity contribution in [1.29, 1.82) is 0 Å². The fourth-order valence-electron chi connectivity index (χ4n) is 6.16. The highest BCUT2D eigenvalue weighted by Gasteiger charge is 2.47. The monoisotopic (exact) mass is 543 g/mol. The van der Waals surface area contributed by atoms with Crippen LogP contribution >= 0.6 is 0 Å². The van der Waals surface area contributed by atoms with Crippen molar-refractivity contribution in [3.05, 3.63) is 0 Å². The van der Waals surface area contributed by atoms with Crippen molar-refractivity contribution in [1.82, 2.24) is 0 Å². The Kier molecular flexibility index (Phi) is 11.4. The maximum Gasteiger partial charge on any atom is 0.192 e. The Morgan fingerprint density at radius 1 is 0.658 bits per heavy atom. The normalized spacial score (nSPS) is 16.3. The molecule has 8 heteroatoms. The minimum Gasteiger partial charge on any atom is -0.385 e. The van der Waals surface area contributed by atoms with Gasteiger partial charge in [0.05, 0.1) is 11.2 Å². The van der Waals surface area contributed by atoms with E-state index in [-0.39, 0.29) is 11.6 Å². The summed E-state index contributed by atoms with van der Waals surface area (Å²) < 4.78 is 18.5. The number of hydrogen-bond donors (Lipinski definition) is 2. The van der Waals surface area contributed by atoms with E-state index in [4.69, 9.17) is 19.9 Å². The quantitative estimate of drug-likeness (QED) is 0.280. The summed E-state index contributed by atoms with van der Waals surface area (Å²) in [6, 6.07) is 0. The van der Waals surface area contributed by atoms with E-state index in [1.54, 1.807) is 48.5 Å². The maximum atomic E-state index is 13.5. The Balaban J connectivity index is 5.59. The largest absolute Gasteiger partial charge is 0.385 e. The van der Waals surface area contributed by atoms with Crippen molar-refractivity contribution in [3.8, 4) is 0 Å². The zero-order valence-electron chi connectivity index (χ0n) is 27.0. The van der Waals surface area contributed by atoms with Gasteiger partial charge in [0.2, 0.25) is 0 Å². The molecule has 2 atom stereocenters. The summed E-state index contributed by atoms with van der Waals surface area (Å²) in [6.45, 7) is 27.9. The summed E-state index contributed by atoms with van der Waals surface area (Å²) in [5, 5.41) is 9.73. The fraction of sp³-hybridized carbons (Fsp3) is 0.900. The molecule has 3 N–H and O–H groups in total. The first kappa shape index (κ1) is 36.8. The number of nitrogens with two attached hydrogens (primary N) is 1. The molecule has 0 radical (unpaired) electrons. The van der Waals surface area contributed by atoms with E-state index in [1.807, 2.05) is 55.4 Å². The van der Waals surface area contributed by atoms with Gasteiger partial charge in [0.25, 0.3) is 0 Å². The van der Waals surface area contributed by atoms with Crippen LogP contribution in [-0.4, -0.2) is 68.2 Å². The second-order valence-corrected chi connectivity index (χ2v) is 15.0. The molecular weight excluding hydrogens is 486 g/mol. The molecule has 0 rings (SSSR count). The number of rotatable bonds is 16. The first-order valence-corrected chi connectivity index (χ1v) is 13.6. The lowest BCUT2D eigenvalue weighted by molar-refractivity contribution is -0.200. The number of carbonyl (C=O) groups excluding carboxylic acids is 3. The third-order valence-corrected chi connectivity index (χ3v) is 6.38. The lowest BCUT2D eigenvalue weighted by Crippen LogP contribution is -2.54. The third kappa shape index (κ3) is 11.1. The lowest BCUT2D eigenvalue weighted by Gasteiger charge is -2.43. The lowest BCUT2D eigenvalue weighted by atomic mass is 9.73. The van der Waals surface area contributed by atoms with Crippen LogP contribution in [0.2, 0.25) is 0 Å². The van der Waals surface area contributed by atoms with Gasteiger partial charge in [-0.25, -0.2) is 0 Å². The molecule has 8 nitrogen and oxygen atoms in total. The van der Waals surface area contributed by atoms with Crippen LogP contribution in [0.25, 0.3) is 0 Å². The van der Waals surface area contributed by atoms with Crippen LogP contribution in [0.5, 0.6) is 0 Å². The molecular formula is C30H57NO7. The smallest absolute Gasteiger partial charge is 0.192 e. The Bertz CT molecular complexity index is 858. The van der Waals surface area contributed by atoms with Crippen LogP contribution in [0.4, 0.5) is 0 Å². The number of ketones is 3. The van der Waals surface area contributed by atoms with Crippen molar-refractivity contribution in [2.24, 2.45) is 11.1 Å². The highest BCUT2D eigenvalue weighted by atomic mass is 16.6. The number of aliphatic hydroxyl groups excluding tert-OH is 1. The van der Waals surface area contributed by atoms with Crippen molar-refractivity contribution >= 4 is 17.3 Å². The first-order chi connectivity index (χ1) is 16.4. The molecule has 38 heavy (non-hydrogen) atoms. The van der Waals surface area contributed by atoms with Gasteiger partial charge < -0.3 is 25.1 Å². The second-order valence-electron chi connectivity index (χ2n) is 15.0. The SMILES string of the molecule is CC(O)C(=O)C(C)(C)OC(C)(C)CC(C)(C)OC(C)(C)C(=O)C(C)OC(C)(C)C(=O)C(C)(C)CC(C)(C)N. The molecule has 0 aliphatic carbocycles. The molecule has 0 aromatic carbocycles. The molecule has 0 spiro atoms. The summed E-state index contributed by atoms with van der Waals surface area (Å²) in [7, 11) is 0. The topological polar surface area (TPSA) is 125 Å². The van der Waals surface area contributed by atoms with Gasteiger partial charge in [-0.1, -0.05) is 13.8 Å². The zero-order chi connectivity index (χ0) is 30.9. The summed E-state index contributed by atoms with van der Waals surface area (Å²) >= 11 is 0. The Labute approximate surface area is 231 Å². The Hall–Kier alpha value is -1.19. The molecule has 0 aliphatic rings. The van der Waals surface area contributed by atoms with E-state index in [2.05, 4.69) is 0 Å². The molecule has 0 aliphatic heterocycles. The van der Waals surface area contributed by atoms with E-state index >= 15 is 0 Å². The maximum absolute atomic E-state index is 13.5. The first-order valence-electron chi connectivity index (χ1n) is 13.6. The van der Waals surface area contributed by atoms with Crippen LogP contribution in [-0.2, 0) is 28.6 Å². The predicted octanol–water partition coefficient (Wildman–Crippen LogP) is 4.95. The third-order valence-electron chi connectivity index (χ3n) is 6.38. The molecule has 0 bridgehead atoms. The van der Waals surface area contributed by atoms with Crippen molar-refractivity contribution in [2.45, 2.75) is 169 Å². The van der Waals surface area contributed by atoms with E-state index < -0.39 is 57.0 Å². The summed E-state index contributed by atoms with van der Waals surface area (Å²) in [6.07, 6.45) is -1.23. The molecule has 0 heterocycles. The van der Waals surface area contributed by atoms with Gasteiger partial charge in [-0.3, -0.25) is 14.4 Å². The van der Waals surface area contributed by atoms with Crippen molar-refractivity contribution in [3.63, 3.8) is 0 Å². The number of aliphatic hydroxyl groups is 1. The highest BCUT2D eigenvalue weighted by Crippen LogP contribution is 2.36. The molecule has 0 aromatic heterocycles. The van der Waals surface area contributed by atoms with Crippen molar-refractivity contribution < 1.29 is 33.7 Å². The minimum absolute atomic E-state index is 0.129. The molecule has 0 saturated carbocycles. The van der Waals surface area contributed by atoms with Gasteiger partial charge in [0, 0.05) is 17.4 Å². The van der Waals surface area contributed by atoms with Crippen LogP contribution < -0.4 is 5.73 Å². The van der Waals surface area contributed by atoms with Crippen LogP contribution in [0.1, 0.15) is 124 Å². The molecule has 0 fully saturated rings. The Morgan fingerprint density at radius 2 is 1.03 bits per heavy atom. The van der Waals surface area contributed by atoms with Gasteiger partial charge in [-0.15, -0.1) is 0 Å². The average Bonchev–Trinajstić information content (AvgIpc) is 2.60. The van der Waals surface area contributed by atoms with E-state index in [9.17, 15) is 19.5 Å². The number of carbonyl (C=O) groups is 3. The van der Waals surface area contributed by atoms with E-state index in [1.165, 1.54) is 6.92 Å². The van der Waals surface area contributed by atoms with Crippen molar-refractivity contribution in [2.75, 3.05) is 0 Å². The number of ether oxygens (including phenoxy) is 3. The fourth-order valence-corrected chi connectivity index (χ4v) is 6.16. The van der Waals surface area contributed by atoms with Crippen LogP contribution in [0.15, 0.2) is 0 Å². The molecule has 0 amide bonds. The zero-order valence-corrected chi connectivity index (χ0v) is 27.0. The average molecular weight is 544 g/mol. The van der Waals surface area contributed by atoms with Gasteiger partial charge in [0.1, 0.15) is 29.0 Å². The van der Waals surface area contributed by atoms with Gasteiger partial charge >= 0.3 is 0 Å². The second kappa shape index (κ2) is 11.7. The van der Waals surface area contributed by atoms with Gasteiger partial charge in [0.15, 0.2) is 17.3 Å². The minimum atomic E-state index is -1.24. The standard InChI is InChI=1S/C30H57NO7/c1-19(32)21(33)28(11,12)37-26(7,8)18-27(9,10)38-29(13,14)22(34)20(2)36-30(15,16)23(35)24(3,4)17-25(5,6)31/h19-20,32H,17-18,31H2,1-16H3. The highest BCUT2D eigenvalue weighted by molar-refractivity contribution is 5.93. The van der Waals surface area contributed by atoms with E-state index in [0.717, 1.165) is 0 Å². The van der Waals surface area contributed by atoms with Gasteiger partial charge in [-0.05, 0) is 103 Å². The molecule has 2 unspecified atom stereocenters. The van der Waals surface area contributed by atoms with Crippen LogP contribution in [0, 0.1) is 5.41 Å². The molecule has 0 saturated heterocycles. The van der Waals surface area contributed by atoms with Gasteiger partial charge in [-0.2, -0.15) is 0 Å². The molecule has 224 valence electrons. The summed E-state index contributed by atoms with van der Waals surface area (Å²) in [5.74, 6) is -0.844. The Morgan fingerprint density at radius 3 is 1.37 bits per heavy atom. The molecule has 0 aromatic rings. The summed E-state index contributed by atoms with van der Waals surface area (Å²) in [5.41, 5.74) is -0.396. The number of hydrogen-bond acceptors (Lipinski definition) is 8. The van der Waals surface area contributed by atoms with Crippen LogP contribution in [0.3, 0.4) is 0 Å². The predicted molar refractivity (Wildman–Crippen MR) is 151 cm³/mol. The number of Topliss-reactive ketones (excluding diaryl/α,β-unsaturated/α-hetero) is 3. The summed E-state index contributed by atoms with van der Waals surface area (Å²) in [4.78, 5) is 39.3. The van der Waals surface area contributed by atoms with E-state index in [0.29, 0.717) is 12.8 Å².